The van der Waals surface area contributed by atoms with E-state index in [1.807, 2.05) is 30.5 Å². The lowest BCUT2D eigenvalue weighted by atomic mass is 10.2. The molecule has 9 heteroatoms. The van der Waals surface area contributed by atoms with Crippen molar-refractivity contribution in [2.75, 3.05) is 31.6 Å². The number of nitrogens with zero attached hydrogens (tertiary/aromatic N) is 4. The molecule has 1 aliphatic carbocycles. The zero-order chi connectivity index (χ0) is 20.1. The first-order valence-corrected chi connectivity index (χ1v) is 10.5. The van der Waals surface area contributed by atoms with E-state index in [9.17, 15) is 0 Å². The van der Waals surface area contributed by atoms with E-state index in [2.05, 4.69) is 30.5 Å². The molecule has 2 N–H and O–H groups in total. The molecule has 2 aromatic heterocycles. The van der Waals surface area contributed by atoms with Crippen LogP contribution in [-0.4, -0.2) is 48.7 Å². The Morgan fingerprint density at radius 1 is 1.27 bits per heavy atom. The molecule has 0 spiro atoms. The first kappa shape index (κ1) is 22.9. The van der Waals surface area contributed by atoms with Crippen LogP contribution in [0, 0.1) is 5.92 Å². The number of ether oxygens (including phenoxy) is 1. The maximum atomic E-state index is 6.28. The minimum Gasteiger partial charge on any atom is -0.477 e. The second-order valence-electron chi connectivity index (χ2n) is 7.57. The largest absolute Gasteiger partial charge is 0.477 e. The zero-order valence-corrected chi connectivity index (χ0v) is 20.1. The molecular weight excluding hydrogens is 515 g/mol. The van der Waals surface area contributed by atoms with Gasteiger partial charge in [-0.05, 0) is 42.9 Å². The van der Waals surface area contributed by atoms with Gasteiger partial charge in [-0.3, -0.25) is 4.99 Å². The Kier molecular flexibility index (Phi) is 8.38. The minimum atomic E-state index is 0. The van der Waals surface area contributed by atoms with Crippen LogP contribution in [0.4, 0.5) is 5.82 Å². The van der Waals surface area contributed by atoms with Gasteiger partial charge in [-0.1, -0.05) is 17.7 Å². The van der Waals surface area contributed by atoms with Crippen molar-refractivity contribution >= 4 is 47.4 Å². The van der Waals surface area contributed by atoms with E-state index in [1.54, 1.807) is 13.2 Å². The summed E-state index contributed by atoms with van der Waals surface area (Å²) in [6.07, 6.45) is 7.19. The van der Waals surface area contributed by atoms with Crippen LogP contribution in [0.3, 0.4) is 0 Å². The monoisotopic (exact) mass is 542 g/mol. The minimum absolute atomic E-state index is 0. The topological polar surface area (TPSA) is 74.7 Å². The van der Waals surface area contributed by atoms with Gasteiger partial charge in [0.2, 0.25) is 5.88 Å². The van der Waals surface area contributed by atoms with Crippen LogP contribution in [0.15, 0.2) is 41.7 Å². The summed E-state index contributed by atoms with van der Waals surface area (Å²) < 4.78 is 5.69. The number of hydrogen-bond donors (Lipinski definition) is 2. The van der Waals surface area contributed by atoms with Gasteiger partial charge in [0.25, 0.3) is 0 Å². The van der Waals surface area contributed by atoms with Crippen LogP contribution in [-0.2, 0) is 6.54 Å². The molecule has 1 saturated carbocycles. The molecule has 1 aliphatic heterocycles. The molecule has 2 fully saturated rings. The van der Waals surface area contributed by atoms with E-state index < -0.39 is 0 Å². The molecule has 30 heavy (non-hydrogen) atoms. The second kappa shape index (κ2) is 11.0. The summed E-state index contributed by atoms with van der Waals surface area (Å²) in [5.41, 5.74) is 1.08. The van der Waals surface area contributed by atoms with Crippen molar-refractivity contribution in [1.82, 2.24) is 20.6 Å². The van der Waals surface area contributed by atoms with Crippen LogP contribution in [0.1, 0.15) is 24.8 Å². The van der Waals surface area contributed by atoms with Gasteiger partial charge in [0.1, 0.15) is 5.82 Å². The molecule has 0 amide bonds. The Labute approximate surface area is 199 Å². The average Bonchev–Trinajstić information content (AvgIpc) is 3.47. The number of pyridine rings is 2. The number of anilines is 1. The summed E-state index contributed by atoms with van der Waals surface area (Å²) >= 11 is 6.28. The predicted octanol–water partition coefficient (Wildman–Crippen LogP) is 3.48. The highest BCUT2D eigenvalue weighted by atomic mass is 127. The molecule has 0 bridgehead atoms. The van der Waals surface area contributed by atoms with E-state index in [0.717, 1.165) is 49.4 Å². The first-order valence-electron chi connectivity index (χ1n) is 10.1. The molecule has 0 aromatic carbocycles. The van der Waals surface area contributed by atoms with Crippen LogP contribution in [0.25, 0.3) is 0 Å². The molecule has 4 rings (SSSR count). The highest BCUT2D eigenvalue weighted by Gasteiger charge is 2.25. The third kappa shape index (κ3) is 6.34. The van der Waals surface area contributed by atoms with Crippen molar-refractivity contribution < 1.29 is 4.74 Å². The molecule has 2 aromatic rings. The number of guanidine groups is 1. The molecular formula is C21H28ClIN6O. The van der Waals surface area contributed by atoms with Gasteiger partial charge in [0.15, 0.2) is 5.96 Å². The first-order chi connectivity index (χ1) is 14.2. The van der Waals surface area contributed by atoms with Crippen molar-refractivity contribution in [2.24, 2.45) is 10.9 Å². The second-order valence-corrected chi connectivity index (χ2v) is 7.98. The van der Waals surface area contributed by atoms with Gasteiger partial charge < -0.3 is 20.3 Å². The van der Waals surface area contributed by atoms with E-state index in [0.29, 0.717) is 17.4 Å². The number of rotatable bonds is 7. The molecule has 1 atom stereocenters. The highest BCUT2D eigenvalue weighted by Crippen LogP contribution is 2.29. The Bertz CT molecular complexity index is 846. The van der Waals surface area contributed by atoms with E-state index in [-0.39, 0.29) is 30.0 Å². The molecule has 3 heterocycles. The van der Waals surface area contributed by atoms with Gasteiger partial charge in [0.05, 0.1) is 11.6 Å². The summed E-state index contributed by atoms with van der Waals surface area (Å²) in [4.78, 5) is 15.3. The number of hydrogen-bond acceptors (Lipinski definition) is 5. The quantitative estimate of drug-likeness (QED) is 0.317. The molecule has 1 saturated heterocycles. The summed E-state index contributed by atoms with van der Waals surface area (Å²) in [6, 6.07) is 7.98. The number of halogens is 2. The average molecular weight is 543 g/mol. The van der Waals surface area contributed by atoms with Crippen molar-refractivity contribution in [3.8, 4) is 5.88 Å². The lowest BCUT2D eigenvalue weighted by Gasteiger charge is -2.20. The van der Waals surface area contributed by atoms with Crippen molar-refractivity contribution in [2.45, 2.75) is 31.8 Å². The third-order valence-electron chi connectivity index (χ3n) is 5.21. The fourth-order valence-corrected chi connectivity index (χ4v) is 3.58. The van der Waals surface area contributed by atoms with Crippen molar-refractivity contribution in [3.63, 3.8) is 0 Å². The maximum Gasteiger partial charge on any atom is 0.213 e. The number of aliphatic imine (C=N–C) groups is 1. The van der Waals surface area contributed by atoms with E-state index in [4.69, 9.17) is 16.3 Å². The van der Waals surface area contributed by atoms with Crippen LogP contribution in [0.2, 0.25) is 5.02 Å². The maximum absolute atomic E-state index is 6.28. The fraction of sp³-hybridized carbons (Fsp3) is 0.476. The smallest absolute Gasteiger partial charge is 0.213 e. The normalized spacial score (nSPS) is 18.7. The third-order valence-corrected chi connectivity index (χ3v) is 5.51. The van der Waals surface area contributed by atoms with Crippen LogP contribution < -0.4 is 20.3 Å². The summed E-state index contributed by atoms with van der Waals surface area (Å²) in [5, 5.41) is 7.53. The molecule has 1 unspecified atom stereocenters. The highest BCUT2D eigenvalue weighted by molar-refractivity contribution is 14.0. The SMILES string of the molecule is CN=C(NCc1ccc(OCC2CC2)nc1)NC1CCN(c2ncccc2Cl)C1.I. The molecule has 2 aliphatic rings. The number of aromatic nitrogens is 2. The van der Waals surface area contributed by atoms with E-state index in [1.165, 1.54) is 12.8 Å². The Morgan fingerprint density at radius 3 is 2.83 bits per heavy atom. The molecule has 7 nitrogen and oxygen atoms in total. The van der Waals surface area contributed by atoms with Gasteiger partial charge in [-0.2, -0.15) is 0 Å². The van der Waals surface area contributed by atoms with Gasteiger partial charge in [-0.15, -0.1) is 24.0 Å². The zero-order valence-electron chi connectivity index (χ0n) is 17.1. The lowest BCUT2D eigenvalue weighted by molar-refractivity contribution is 0.288. The Hall–Kier alpha value is -1.81. The summed E-state index contributed by atoms with van der Waals surface area (Å²) in [7, 11) is 1.78. The summed E-state index contributed by atoms with van der Waals surface area (Å²) in [5.74, 6) is 3.05. The number of nitrogens with one attached hydrogen (secondary N) is 2. The fourth-order valence-electron chi connectivity index (χ4n) is 3.34. The Morgan fingerprint density at radius 2 is 2.13 bits per heavy atom. The standard InChI is InChI=1S/C21H27ClN6O.HI/c1-23-21(26-12-16-6-7-19(25-11-16)29-14-15-4-5-15)27-17-8-10-28(13-17)20-18(22)3-2-9-24-20;/h2-3,6-7,9,11,15,17H,4-5,8,10,12-14H2,1H3,(H2,23,26,27);1H. The lowest BCUT2D eigenvalue weighted by Crippen LogP contribution is -2.44. The Balaban J connectivity index is 0.00000256. The van der Waals surface area contributed by atoms with E-state index >= 15 is 0 Å². The van der Waals surface area contributed by atoms with Crippen LogP contribution in [0.5, 0.6) is 5.88 Å². The van der Waals surface area contributed by atoms with Crippen molar-refractivity contribution in [3.05, 3.63) is 47.2 Å². The van der Waals surface area contributed by atoms with Gasteiger partial charge in [0, 0.05) is 51.2 Å². The predicted molar refractivity (Wildman–Crippen MR) is 131 cm³/mol. The molecule has 0 radical (unpaired) electrons. The van der Waals surface area contributed by atoms with Gasteiger partial charge in [-0.25, -0.2) is 9.97 Å². The van der Waals surface area contributed by atoms with Crippen LogP contribution >= 0.6 is 35.6 Å². The van der Waals surface area contributed by atoms with Crippen molar-refractivity contribution in [1.29, 1.82) is 0 Å². The summed E-state index contributed by atoms with van der Waals surface area (Å²) in [6.45, 7) is 3.19. The van der Waals surface area contributed by atoms with Gasteiger partial charge >= 0.3 is 0 Å². The molecule has 162 valence electrons.